The monoisotopic (exact) mass is 478 g/mol. The number of carbonyl (C=O) groups is 3. The Morgan fingerprint density at radius 2 is 1.62 bits per heavy atom. The van der Waals surface area contributed by atoms with Crippen LogP contribution in [0.25, 0.3) is 0 Å². The van der Waals surface area contributed by atoms with Crippen LogP contribution in [0.3, 0.4) is 0 Å². The lowest BCUT2D eigenvalue weighted by atomic mass is 10.1. The van der Waals surface area contributed by atoms with Crippen molar-refractivity contribution in [2.24, 2.45) is 0 Å². The average Bonchev–Trinajstić information content (AvgIpc) is 2.85. The van der Waals surface area contributed by atoms with Gasteiger partial charge < -0.3 is 29.5 Å². The molecule has 9 heteroatoms. The molecule has 1 aromatic rings. The topological polar surface area (TPSA) is 91.4 Å². The van der Waals surface area contributed by atoms with Crippen LogP contribution < -0.4 is 10.1 Å². The molecule has 0 aliphatic carbocycles. The molecule has 0 radical (unpaired) electrons. The first kappa shape index (κ1) is 29.2. The Morgan fingerprint density at radius 1 is 0.971 bits per heavy atom. The summed E-state index contributed by atoms with van der Waals surface area (Å²) < 4.78 is 11.1. The van der Waals surface area contributed by atoms with E-state index < -0.39 is 18.3 Å². The number of hydrogen-bond acceptors (Lipinski definition) is 6. The van der Waals surface area contributed by atoms with Crippen molar-refractivity contribution < 1.29 is 23.9 Å². The molecule has 1 N–H and O–H groups in total. The lowest BCUT2D eigenvalue weighted by Gasteiger charge is -2.25. The van der Waals surface area contributed by atoms with E-state index in [1.54, 1.807) is 41.1 Å². The molecule has 1 aromatic carbocycles. The number of amides is 3. The maximum atomic E-state index is 12.6. The van der Waals surface area contributed by atoms with Gasteiger partial charge in [0.2, 0.25) is 5.91 Å². The Balaban J connectivity index is 2.85. The molecule has 34 heavy (non-hydrogen) atoms. The Kier molecular flexibility index (Phi) is 13.7. The van der Waals surface area contributed by atoms with Crippen molar-refractivity contribution in [2.75, 3.05) is 53.4 Å². The summed E-state index contributed by atoms with van der Waals surface area (Å²) in [6.45, 7) is 12.2. The minimum atomic E-state index is -0.651. The van der Waals surface area contributed by atoms with Crippen molar-refractivity contribution in [3.63, 3.8) is 0 Å². The maximum absolute atomic E-state index is 12.6. The molecule has 1 unspecified atom stereocenters. The summed E-state index contributed by atoms with van der Waals surface area (Å²) in [4.78, 5) is 42.3. The number of ether oxygens (including phenoxy) is 2. The molecule has 0 saturated heterocycles. The predicted molar refractivity (Wildman–Crippen MR) is 133 cm³/mol. The Labute approximate surface area is 204 Å². The Hall–Kier alpha value is -2.81. The molecule has 0 aromatic heterocycles. The van der Waals surface area contributed by atoms with Crippen LogP contribution in [0.1, 0.15) is 58.6 Å². The summed E-state index contributed by atoms with van der Waals surface area (Å²) in [5.74, 6) is 0.406. The lowest BCUT2D eigenvalue weighted by molar-refractivity contribution is -0.131. The molecule has 192 valence electrons. The molecule has 0 heterocycles. The van der Waals surface area contributed by atoms with Crippen LogP contribution in [-0.4, -0.2) is 86.2 Å². The quantitative estimate of drug-likeness (QED) is 0.436. The minimum Gasteiger partial charge on any atom is -0.439 e. The number of likely N-dealkylation sites (N-methyl/N-ethyl adjacent to an activating group) is 3. The van der Waals surface area contributed by atoms with Gasteiger partial charge in [-0.05, 0) is 44.1 Å². The number of rotatable bonds is 14. The lowest BCUT2D eigenvalue weighted by Crippen LogP contribution is -2.40. The smallest absolute Gasteiger partial charge is 0.415 e. The van der Waals surface area contributed by atoms with Gasteiger partial charge in [-0.3, -0.25) is 4.79 Å². The van der Waals surface area contributed by atoms with Crippen LogP contribution in [0.5, 0.6) is 5.75 Å². The number of nitrogens with zero attached hydrogens (tertiary/aromatic N) is 3. The fourth-order valence-electron chi connectivity index (χ4n) is 3.36. The van der Waals surface area contributed by atoms with E-state index in [1.807, 2.05) is 13.8 Å². The zero-order valence-corrected chi connectivity index (χ0v) is 21.6. The van der Waals surface area contributed by atoms with Gasteiger partial charge in [0.25, 0.3) is 0 Å². The van der Waals surface area contributed by atoms with Crippen molar-refractivity contribution in [1.29, 1.82) is 0 Å². The highest BCUT2D eigenvalue weighted by molar-refractivity contribution is 5.76. The van der Waals surface area contributed by atoms with Gasteiger partial charge in [-0.25, -0.2) is 9.59 Å². The first-order valence-corrected chi connectivity index (χ1v) is 12.2. The van der Waals surface area contributed by atoms with Gasteiger partial charge >= 0.3 is 12.2 Å². The van der Waals surface area contributed by atoms with Crippen LogP contribution in [0.15, 0.2) is 24.3 Å². The third-order valence-corrected chi connectivity index (χ3v) is 5.74. The number of carbonyl (C=O) groups excluding carboxylic acids is 3. The molecular formula is C25H42N4O5. The highest BCUT2D eigenvalue weighted by Crippen LogP contribution is 2.23. The summed E-state index contributed by atoms with van der Waals surface area (Å²) in [6, 6.07) is 6.83. The number of unbranched alkanes of at least 4 members (excludes halogenated alkanes) is 1. The van der Waals surface area contributed by atoms with Crippen molar-refractivity contribution in [2.45, 2.75) is 53.1 Å². The van der Waals surface area contributed by atoms with Crippen LogP contribution in [0.2, 0.25) is 0 Å². The van der Waals surface area contributed by atoms with E-state index in [0.29, 0.717) is 30.8 Å². The third-order valence-electron chi connectivity index (χ3n) is 5.74. The number of nitrogens with one attached hydrogen (secondary N) is 1. The fraction of sp³-hybridized carbons (Fsp3) is 0.640. The number of alkyl carbamates (subject to hydrolysis) is 1. The van der Waals surface area contributed by atoms with E-state index >= 15 is 0 Å². The standard InChI is InChI=1S/C25H42N4O5/c1-7-11-12-23(30)27(6)19-22(34-24(31)26-5)20-13-15-21(16-14-20)33-25(32)29(10-4)18-17-28(8-2)9-3/h13-16,22H,7-12,17-19H2,1-6H3,(H,26,31). The summed E-state index contributed by atoms with van der Waals surface area (Å²) in [5.41, 5.74) is 0.701. The first-order valence-electron chi connectivity index (χ1n) is 12.2. The summed E-state index contributed by atoms with van der Waals surface area (Å²) in [7, 11) is 3.18. The number of hydrogen-bond donors (Lipinski definition) is 1. The molecule has 0 bridgehead atoms. The molecule has 0 saturated carbocycles. The Morgan fingerprint density at radius 3 is 2.15 bits per heavy atom. The fourth-order valence-corrected chi connectivity index (χ4v) is 3.36. The van der Waals surface area contributed by atoms with E-state index in [-0.39, 0.29) is 12.5 Å². The highest BCUT2D eigenvalue weighted by atomic mass is 16.6. The largest absolute Gasteiger partial charge is 0.439 e. The first-order chi connectivity index (χ1) is 16.3. The van der Waals surface area contributed by atoms with Crippen molar-refractivity contribution >= 4 is 18.1 Å². The average molecular weight is 479 g/mol. The molecule has 0 spiro atoms. The van der Waals surface area contributed by atoms with Crippen molar-refractivity contribution in [3.05, 3.63) is 29.8 Å². The van der Waals surface area contributed by atoms with E-state index in [9.17, 15) is 14.4 Å². The Bertz CT molecular complexity index is 752. The SMILES string of the molecule is CCCCC(=O)N(C)CC(OC(=O)NC)c1ccc(OC(=O)N(CC)CCN(CC)CC)cc1. The van der Waals surface area contributed by atoms with E-state index in [4.69, 9.17) is 9.47 Å². The summed E-state index contributed by atoms with van der Waals surface area (Å²) in [6.07, 6.45) is 0.568. The van der Waals surface area contributed by atoms with E-state index in [2.05, 4.69) is 24.1 Å². The maximum Gasteiger partial charge on any atom is 0.415 e. The zero-order valence-electron chi connectivity index (χ0n) is 21.6. The van der Waals surface area contributed by atoms with Gasteiger partial charge in [0.1, 0.15) is 11.9 Å². The summed E-state index contributed by atoms with van der Waals surface area (Å²) in [5, 5.41) is 2.44. The van der Waals surface area contributed by atoms with E-state index in [1.165, 1.54) is 7.05 Å². The molecule has 3 amide bonds. The molecular weight excluding hydrogens is 436 g/mol. The van der Waals surface area contributed by atoms with Gasteiger partial charge in [0, 0.05) is 40.2 Å². The van der Waals surface area contributed by atoms with Crippen LogP contribution in [0.4, 0.5) is 9.59 Å². The minimum absolute atomic E-state index is 0.00211. The van der Waals surface area contributed by atoms with Crippen LogP contribution in [-0.2, 0) is 9.53 Å². The van der Waals surface area contributed by atoms with E-state index in [0.717, 1.165) is 32.5 Å². The predicted octanol–water partition coefficient (Wildman–Crippen LogP) is 3.89. The highest BCUT2D eigenvalue weighted by Gasteiger charge is 2.22. The molecule has 9 nitrogen and oxygen atoms in total. The molecule has 1 atom stereocenters. The third kappa shape index (κ3) is 9.99. The molecule has 0 aliphatic heterocycles. The van der Waals surface area contributed by atoms with Crippen LogP contribution in [0, 0.1) is 0 Å². The molecule has 0 fully saturated rings. The molecule has 0 aliphatic rings. The number of benzene rings is 1. The van der Waals surface area contributed by atoms with Gasteiger partial charge in [0.05, 0.1) is 6.54 Å². The van der Waals surface area contributed by atoms with Crippen molar-refractivity contribution in [1.82, 2.24) is 20.0 Å². The van der Waals surface area contributed by atoms with Gasteiger partial charge in [-0.15, -0.1) is 0 Å². The molecule has 1 rings (SSSR count). The second kappa shape index (κ2) is 15.9. The van der Waals surface area contributed by atoms with Gasteiger partial charge in [0.15, 0.2) is 0 Å². The van der Waals surface area contributed by atoms with Gasteiger partial charge in [-0.1, -0.05) is 39.3 Å². The van der Waals surface area contributed by atoms with Crippen molar-refractivity contribution in [3.8, 4) is 5.75 Å². The van der Waals surface area contributed by atoms with Gasteiger partial charge in [-0.2, -0.15) is 0 Å². The second-order valence-electron chi connectivity index (χ2n) is 8.07. The second-order valence-corrected chi connectivity index (χ2v) is 8.07. The zero-order chi connectivity index (χ0) is 25.5. The normalized spacial score (nSPS) is 11.6. The summed E-state index contributed by atoms with van der Waals surface area (Å²) >= 11 is 0. The van der Waals surface area contributed by atoms with Crippen LogP contribution >= 0.6 is 0 Å².